The van der Waals surface area contributed by atoms with Gasteiger partial charge in [-0.2, -0.15) is 5.26 Å². The van der Waals surface area contributed by atoms with Crippen LogP contribution in [0.25, 0.3) is 10.4 Å². The number of halogens is 1. The normalized spacial score (nSPS) is 16.0. The quantitative estimate of drug-likeness (QED) is 0.749. The van der Waals surface area contributed by atoms with E-state index in [0.29, 0.717) is 22.8 Å². The maximum absolute atomic E-state index is 9.08. The number of fused-ring (bicyclic) bond motifs is 1. The van der Waals surface area contributed by atoms with E-state index in [0.717, 1.165) is 26.6 Å². The van der Waals surface area contributed by atoms with Crippen molar-refractivity contribution >= 4 is 28.8 Å². The zero-order valence-corrected chi connectivity index (χ0v) is 14.6. The number of thiophene rings is 1. The molecule has 25 heavy (non-hydrogen) atoms. The molecule has 4 rings (SSSR count). The molecule has 7 heteroatoms. The molecule has 0 saturated carbocycles. The van der Waals surface area contributed by atoms with Crippen molar-refractivity contribution in [1.29, 1.82) is 5.26 Å². The maximum atomic E-state index is 9.08. The third kappa shape index (κ3) is 2.88. The fourth-order valence-corrected chi connectivity index (χ4v) is 4.35. The Morgan fingerprint density at radius 2 is 2.20 bits per heavy atom. The summed E-state index contributed by atoms with van der Waals surface area (Å²) < 4.78 is 0. The highest BCUT2D eigenvalue weighted by molar-refractivity contribution is 7.16. The van der Waals surface area contributed by atoms with Gasteiger partial charge in [0.15, 0.2) is 0 Å². The van der Waals surface area contributed by atoms with Crippen LogP contribution in [0.5, 0.6) is 0 Å². The molecule has 122 valence electrons. The Hall–Kier alpha value is -2.75. The van der Waals surface area contributed by atoms with Crippen LogP contribution in [0.3, 0.4) is 0 Å². The summed E-state index contributed by atoms with van der Waals surface area (Å²) in [5.41, 5.74) is 9.33. The van der Waals surface area contributed by atoms with Crippen LogP contribution < -0.4 is 5.73 Å². The Kier molecular flexibility index (Phi) is 3.96. The van der Waals surface area contributed by atoms with Crippen molar-refractivity contribution < 1.29 is 0 Å². The third-order valence-electron chi connectivity index (χ3n) is 4.04. The highest BCUT2D eigenvalue weighted by Crippen LogP contribution is 2.41. The van der Waals surface area contributed by atoms with Gasteiger partial charge in [0.2, 0.25) is 0 Å². The van der Waals surface area contributed by atoms with Gasteiger partial charge in [0.25, 0.3) is 0 Å². The second kappa shape index (κ2) is 6.28. The highest BCUT2D eigenvalue weighted by atomic mass is 35.5. The van der Waals surface area contributed by atoms with Gasteiger partial charge in [0, 0.05) is 22.4 Å². The zero-order valence-electron chi connectivity index (χ0n) is 13.0. The smallest absolute Gasteiger partial charge is 0.129 e. The molecule has 2 N–H and O–H groups in total. The Labute approximate surface area is 153 Å². The van der Waals surface area contributed by atoms with Gasteiger partial charge in [-0.3, -0.25) is 4.99 Å². The van der Waals surface area contributed by atoms with Crippen molar-refractivity contribution in [1.82, 2.24) is 9.97 Å². The van der Waals surface area contributed by atoms with E-state index in [2.05, 4.69) is 21.0 Å². The molecule has 5 nitrogen and oxygen atoms in total. The molecule has 0 amide bonds. The van der Waals surface area contributed by atoms with Crippen molar-refractivity contribution in [3.8, 4) is 16.5 Å². The molecular formula is C18H12ClN5S. The number of nitriles is 1. The number of aliphatic imine (C=N–C) groups is 1. The maximum Gasteiger partial charge on any atom is 0.129 e. The van der Waals surface area contributed by atoms with Gasteiger partial charge in [-0.05, 0) is 23.8 Å². The lowest BCUT2D eigenvalue weighted by Crippen LogP contribution is -2.23. The van der Waals surface area contributed by atoms with E-state index >= 15 is 0 Å². The number of nitrogens with zero attached hydrogens (tertiary/aromatic N) is 4. The average Bonchev–Trinajstić information content (AvgIpc) is 3.03. The highest BCUT2D eigenvalue weighted by Gasteiger charge is 2.25. The first-order valence-corrected chi connectivity index (χ1v) is 8.77. The van der Waals surface area contributed by atoms with Gasteiger partial charge < -0.3 is 5.73 Å². The van der Waals surface area contributed by atoms with E-state index in [-0.39, 0.29) is 6.04 Å². The number of hydrogen-bond acceptors (Lipinski definition) is 6. The molecule has 0 radical (unpaired) electrons. The topological polar surface area (TPSA) is 88.0 Å². The first-order valence-electron chi connectivity index (χ1n) is 7.58. The number of benzene rings is 1. The van der Waals surface area contributed by atoms with E-state index in [1.807, 2.05) is 24.3 Å². The molecule has 2 aromatic heterocycles. The average molecular weight is 366 g/mol. The second-order valence-corrected chi connectivity index (χ2v) is 7.12. The molecule has 0 saturated heterocycles. The Morgan fingerprint density at radius 3 is 3.04 bits per heavy atom. The van der Waals surface area contributed by atoms with Crippen LogP contribution in [0.4, 0.5) is 0 Å². The van der Waals surface area contributed by atoms with Crippen LogP contribution in [-0.4, -0.2) is 15.8 Å². The summed E-state index contributed by atoms with van der Waals surface area (Å²) in [5.74, 6) is 0.435. The van der Waals surface area contributed by atoms with E-state index < -0.39 is 0 Å². The van der Waals surface area contributed by atoms with Crippen molar-refractivity contribution in [2.75, 3.05) is 0 Å². The molecule has 1 aliphatic rings. The van der Waals surface area contributed by atoms with Gasteiger partial charge in [-0.1, -0.05) is 23.7 Å². The lowest BCUT2D eigenvalue weighted by molar-refractivity contribution is 0.702. The summed E-state index contributed by atoms with van der Waals surface area (Å²) in [6.45, 7) is 0. The number of aromatic nitrogens is 2. The first-order chi connectivity index (χ1) is 12.2. The van der Waals surface area contributed by atoms with Gasteiger partial charge in [0.05, 0.1) is 34.0 Å². The van der Waals surface area contributed by atoms with Gasteiger partial charge in [-0.25, -0.2) is 9.97 Å². The molecule has 0 fully saturated rings. The minimum atomic E-state index is -0.159. The molecule has 0 spiro atoms. The molecule has 1 unspecified atom stereocenters. The Bertz CT molecular complexity index is 1030. The lowest BCUT2D eigenvalue weighted by Gasteiger charge is -2.19. The fraction of sp³-hybridized carbons (Fsp3) is 0.111. The molecule has 0 aliphatic carbocycles. The Balaban J connectivity index is 1.72. The number of nitrogens with two attached hydrogens (primary N) is 1. The zero-order chi connectivity index (χ0) is 17.4. The summed E-state index contributed by atoms with van der Waals surface area (Å²) in [5, 5.41) is 9.73. The van der Waals surface area contributed by atoms with Gasteiger partial charge in [-0.15, -0.1) is 11.3 Å². The van der Waals surface area contributed by atoms with E-state index in [1.54, 1.807) is 23.6 Å². The summed E-state index contributed by atoms with van der Waals surface area (Å²) in [6, 6.07) is 11.4. The van der Waals surface area contributed by atoms with Crippen LogP contribution in [0.15, 0.2) is 47.8 Å². The summed E-state index contributed by atoms with van der Waals surface area (Å²) in [6.07, 6.45) is 3.84. The van der Waals surface area contributed by atoms with E-state index in [9.17, 15) is 0 Å². The standard InChI is InChI=1S/C18H12ClN5S/c19-13-5-16(11-3-1-2-10(4-11)7-20)25-17(13)15-6-14-12(18(21)24-15)8-22-9-23-14/h1-5,8-9,15H,6H2,(H2,21,24). The summed E-state index contributed by atoms with van der Waals surface area (Å²) >= 11 is 8.05. The van der Waals surface area contributed by atoms with Crippen LogP contribution in [0, 0.1) is 11.3 Å². The van der Waals surface area contributed by atoms with Crippen LogP contribution in [0.2, 0.25) is 5.02 Å². The largest absolute Gasteiger partial charge is 0.383 e. The van der Waals surface area contributed by atoms with Crippen LogP contribution >= 0.6 is 22.9 Å². The number of rotatable bonds is 2. The molecule has 3 aromatic rings. The van der Waals surface area contributed by atoms with Gasteiger partial charge >= 0.3 is 0 Å². The predicted octanol–water partition coefficient (Wildman–Crippen LogP) is 3.73. The predicted molar refractivity (Wildman–Crippen MR) is 98.7 cm³/mol. The summed E-state index contributed by atoms with van der Waals surface area (Å²) in [4.78, 5) is 14.9. The minimum Gasteiger partial charge on any atom is -0.383 e. The SMILES string of the molecule is N#Cc1cccc(-c2cc(Cl)c(C3Cc4ncncc4C(N)=N3)s2)c1. The first kappa shape index (κ1) is 15.8. The molecule has 1 aliphatic heterocycles. The Morgan fingerprint density at radius 1 is 1.32 bits per heavy atom. The molecule has 1 atom stereocenters. The minimum absolute atomic E-state index is 0.159. The molecule has 0 bridgehead atoms. The monoisotopic (exact) mass is 365 g/mol. The molecular weight excluding hydrogens is 354 g/mol. The lowest BCUT2D eigenvalue weighted by atomic mass is 10.0. The molecule has 3 heterocycles. The molecule has 1 aromatic carbocycles. The van der Waals surface area contributed by atoms with Crippen LogP contribution in [-0.2, 0) is 6.42 Å². The van der Waals surface area contributed by atoms with Crippen LogP contribution in [0.1, 0.15) is 27.7 Å². The fourth-order valence-electron chi connectivity index (χ4n) is 2.84. The number of amidine groups is 1. The van der Waals surface area contributed by atoms with Crippen molar-refractivity contribution in [3.05, 3.63) is 69.6 Å². The van der Waals surface area contributed by atoms with Crippen molar-refractivity contribution in [2.24, 2.45) is 10.7 Å². The van der Waals surface area contributed by atoms with E-state index in [1.165, 1.54) is 6.33 Å². The van der Waals surface area contributed by atoms with Crippen molar-refractivity contribution in [2.45, 2.75) is 12.5 Å². The van der Waals surface area contributed by atoms with Crippen molar-refractivity contribution in [3.63, 3.8) is 0 Å². The van der Waals surface area contributed by atoms with Gasteiger partial charge in [0.1, 0.15) is 12.2 Å². The summed E-state index contributed by atoms with van der Waals surface area (Å²) in [7, 11) is 0. The third-order valence-corrected chi connectivity index (χ3v) is 5.75. The number of hydrogen-bond donors (Lipinski definition) is 1. The second-order valence-electron chi connectivity index (χ2n) is 5.63. The van der Waals surface area contributed by atoms with E-state index in [4.69, 9.17) is 22.6 Å².